The zero-order valence-corrected chi connectivity index (χ0v) is 13.2. The lowest BCUT2D eigenvalue weighted by atomic mass is 10.1. The molecule has 110 valence electrons. The van der Waals surface area contributed by atoms with Gasteiger partial charge in [-0.05, 0) is 39.0 Å². The fourth-order valence-corrected chi connectivity index (χ4v) is 4.62. The number of hydrogen-bond donors (Lipinski definition) is 0. The summed E-state index contributed by atoms with van der Waals surface area (Å²) < 4.78 is 5.17. The van der Waals surface area contributed by atoms with Crippen LogP contribution in [0.2, 0.25) is 0 Å². The maximum atomic E-state index is 12.0. The first-order valence-corrected chi connectivity index (χ1v) is 8.34. The predicted octanol–water partition coefficient (Wildman–Crippen LogP) is 2.97. The second kappa shape index (κ2) is 5.35. The zero-order chi connectivity index (χ0) is 14.3. The van der Waals surface area contributed by atoms with Crippen LogP contribution in [0.3, 0.4) is 0 Å². The molecule has 1 aromatic heterocycles. The van der Waals surface area contributed by atoms with E-state index in [0.717, 1.165) is 36.1 Å². The monoisotopic (exact) mass is 294 g/mol. The van der Waals surface area contributed by atoms with Gasteiger partial charge in [-0.1, -0.05) is 6.92 Å². The number of hydrogen-bond acceptors (Lipinski definition) is 5. The van der Waals surface area contributed by atoms with Crippen LogP contribution in [0, 0.1) is 5.92 Å². The van der Waals surface area contributed by atoms with Crippen molar-refractivity contribution < 1.29 is 9.53 Å². The fraction of sp³-hybridized carbons (Fsp3) is 0.733. The Morgan fingerprint density at radius 2 is 2.30 bits per heavy atom. The maximum Gasteiger partial charge on any atom is 0.315 e. The largest absolute Gasteiger partial charge is 0.465 e. The number of aryl methyl sites for hydroxylation is 1. The smallest absolute Gasteiger partial charge is 0.315 e. The molecular weight excluding hydrogens is 272 g/mol. The third-order valence-electron chi connectivity index (χ3n) is 4.31. The molecule has 1 fully saturated rings. The average molecular weight is 294 g/mol. The molecule has 2 heterocycles. The molecule has 3 atom stereocenters. The van der Waals surface area contributed by atoms with Gasteiger partial charge in [-0.15, -0.1) is 11.3 Å². The van der Waals surface area contributed by atoms with Gasteiger partial charge in [-0.3, -0.25) is 4.79 Å². The summed E-state index contributed by atoms with van der Waals surface area (Å²) in [6.45, 7) is 7.94. The van der Waals surface area contributed by atoms with Crippen molar-refractivity contribution in [2.45, 2.75) is 52.0 Å². The Kier molecular flexibility index (Phi) is 3.71. The number of carbonyl (C=O) groups is 1. The van der Waals surface area contributed by atoms with Crippen LogP contribution >= 0.6 is 11.3 Å². The van der Waals surface area contributed by atoms with Crippen molar-refractivity contribution in [3.8, 4) is 0 Å². The topological polar surface area (TPSA) is 42.4 Å². The highest BCUT2D eigenvalue weighted by molar-refractivity contribution is 7.15. The van der Waals surface area contributed by atoms with E-state index in [0.29, 0.717) is 12.6 Å². The Balaban J connectivity index is 1.81. The molecule has 0 bridgehead atoms. The second-order valence-electron chi connectivity index (χ2n) is 5.99. The Morgan fingerprint density at radius 1 is 1.50 bits per heavy atom. The molecule has 0 N–H and O–H groups in total. The lowest BCUT2D eigenvalue weighted by Gasteiger charge is -2.20. The molecule has 0 saturated carbocycles. The van der Waals surface area contributed by atoms with Crippen LogP contribution in [0.5, 0.6) is 0 Å². The molecule has 3 unspecified atom stereocenters. The molecule has 1 aromatic rings. The van der Waals surface area contributed by atoms with E-state index < -0.39 is 0 Å². The number of esters is 1. The summed E-state index contributed by atoms with van der Waals surface area (Å²) in [4.78, 5) is 20.5. The first-order chi connectivity index (χ1) is 9.60. The van der Waals surface area contributed by atoms with E-state index in [1.807, 2.05) is 6.92 Å². The van der Waals surface area contributed by atoms with E-state index in [9.17, 15) is 4.79 Å². The molecule has 20 heavy (non-hydrogen) atoms. The van der Waals surface area contributed by atoms with Crippen molar-refractivity contribution in [3.63, 3.8) is 0 Å². The van der Waals surface area contributed by atoms with Crippen LogP contribution in [0.1, 0.15) is 50.1 Å². The molecule has 0 spiro atoms. The number of anilines is 1. The van der Waals surface area contributed by atoms with Crippen LogP contribution in [0.15, 0.2) is 0 Å². The van der Waals surface area contributed by atoms with E-state index in [4.69, 9.17) is 9.72 Å². The van der Waals surface area contributed by atoms with E-state index in [1.165, 1.54) is 11.3 Å². The lowest BCUT2D eigenvalue weighted by Crippen LogP contribution is -2.26. The maximum absolute atomic E-state index is 12.0. The van der Waals surface area contributed by atoms with Gasteiger partial charge in [0, 0.05) is 17.5 Å². The molecule has 0 amide bonds. The van der Waals surface area contributed by atoms with Gasteiger partial charge in [-0.2, -0.15) is 0 Å². The van der Waals surface area contributed by atoms with Crippen molar-refractivity contribution in [1.82, 2.24) is 4.98 Å². The number of nitrogens with zero attached hydrogens (tertiary/aromatic N) is 2. The number of fused-ring (bicyclic) bond motifs is 1. The first-order valence-electron chi connectivity index (χ1n) is 7.53. The SMILES string of the molecule is CCOC(=O)C1CCc2sc(N3CC(C)CC3C)nc21. The van der Waals surface area contributed by atoms with E-state index in [-0.39, 0.29) is 11.9 Å². The van der Waals surface area contributed by atoms with Gasteiger partial charge in [0.25, 0.3) is 0 Å². The molecule has 4 nitrogen and oxygen atoms in total. The van der Waals surface area contributed by atoms with Crippen LogP contribution in [0.25, 0.3) is 0 Å². The third kappa shape index (κ3) is 2.32. The highest BCUT2D eigenvalue weighted by atomic mass is 32.1. The molecule has 5 heteroatoms. The molecule has 1 aliphatic heterocycles. The van der Waals surface area contributed by atoms with Crippen molar-refractivity contribution in [2.24, 2.45) is 5.92 Å². The predicted molar refractivity (Wildman–Crippen MR) is 80.4 cm³/mol. The van der Waals surface area contributed by atoms with E-state index in [2.05, 4.69) is 18.7 Å². The van der Waals surface area contributed by atoms with Crippen molar-refractivity contribution in [1.29, 1.82) is 0 Å². The van der Waals surface area contributed by atoms with Crippen LogP contribution in [-0.2, 0) is 16.0 Å². The van der Waals surface area contributed by atoms with Gasteiger partial charge in [0.05, 0.1) is 12.3 Å². The highest BCUT2D eigenvalue weighted by Gasteiger charge is 2.36. The summed E-state index contributed by atoms with van der Waals surface area (Å²) in [5.74, 6) is 0.487. The normalized spacial score (nSPS) is 28.8. The Morgan fingerprint density at radius 3 is 2.95 bits per heavy atom. The summed E-state index contributed by atoms with van der Waals surface area (Å²) in [6, 6.07) is 0.553. The molecule has 3 rings (SSSR count). The standard InChI is InChI=1S/C15H22N2O2S/c1-4-19-14(18)11-5-6-12-13(11)16-15(20-12)17-8-9(2)7-10(17)3/h9-11H,4-8H2,1-3H3. The molecule has 0 radical (unpaired) electrons. The highest BCUT2D eigenvalue weighted by Crippen LogP contribution is 2.42. The van der Waals surface area contributed by atoms with Gasteiger partial charge in [0.15, 0.2) is 5.13 Å². The van der Waals surface area contributed by atoms with Gasteiger partial charge < -0.3 is 9.64 Å². The van der Waals surface area contributed by atoms with Gasteiger partial charge in [0.1, 0.15) is 5.92 Å². The minimum Gasteiger partial charge on any atom is -0.465 e. The lowest BCUT2D eigenvalue weighted by molar-refractivity contribution is -0.145. The fourth-order valence-electron chi connectivity index (χ4n) is 3.38. The molecule has 1 saturated heterocycles. The number of ether oxygens (including phenoxy) is 1. The van der Waals surface area contributed by atoms with Crippen LogP contribution < -0.4 is 4.90 Å². The molecular formula is C15H22N2O2S. The Hall–Kier alpha value is -1.10. The van der Waals surface area contributed by atoms with Gasteiger partial charge in [0.2, 0.25) is 0 Å². The van der Waals surface area contributed by atoms with Gasteiger partial charge in [-0.25, -0.2) is 4.98 Å². The van der Waals surface area contributed by atoms with Crippen molar-refractivity contribution in [3.05, 3.63) is 10.6 Å². The number of aromatic nitrogens is 1. The van der Waals surface area contributed by atoms with Crippen LogP contribution in [0.4, 0.5) is 5.13 Å². The minimum absolute atomic E-state index is 0.106. The molecule has 0 aromatic carbocycles. The summed E-state index contributed by atoms with van der Waals surface area (Å²) in [5.41, 5.74) is 0.982. The Labute approximate surface area is 124 Å². The van der Waals surface area contributed by atoms with Crippen molar-refractivity contribution >= 4 is 22.4 Å². The minimum atomic E-state index is -0.134. The van der Waals surface area contributed by atoms with E-state index >= 15 is 0 Å². The zero-order valence-electron chi connectivity index (χ0n) is 12.4. The van der Waals surface area contributed by atoms with Crippen molar-refractivity contribution in [2.75, 3.05) is 18.1 Å². The molecule has 1 aliphatic carbocycles. The van der Waals surface area contributed by atoms with E-state index in [1.54, 1.807) is 11.3 Å². The summed E-state index contributed by atoms with van der Waals surface area (Å²) in [7, 11) is 0. The van der Waals surface area contributed by atoms with Crippen LogP contribution in [-0.4, -0.2) is 30.1 Å². The quantitative estimate of drug-likeness (QED) is 0.804. The summed E-state index contributed by atoms with van der Waals surface area (Å²) in [5, 5.41) is 1.10. The second-order valence-corrected chi connectivity index (χ2v) is 7.05. The first kappa shape index (κ1) is 13.9. The number of thiazole rings is 1. The average Bonchev–Trinajstić information content (AvgIpc) is 3.02. The van der Waals surface area contributed by atoms with Gasteiger partial charge >= 0.3 is 5.97 Å². The summed E-state index contributed by atoms with van der Waals surface area (Å²) in [6.07, 6.45) is 3.05. The molecule has 2 aliphatic rings. The number of rotatable bonds is 3. The number of carbonyl (C=O) groups excluding carboxylic acids is 1. The summed E-state index contributed by atoms with van der Waals surface area (Å²) >= 11 is 1.77. The third-order valence-corrected chi connectivity index (χ3v) is 5.48. The Bertz CT molecular complexity index is 514.